The second-order valence-corrected chi connectivity index (χ2v) is 8.86. The molecule has 0 unspecified atom stereocenters. The Morgan fingerprint density at radius 2 is 0.571 bits per heavy atom. The fourth-order valence-electron chi connectivity index (χ4n) is 3.03. The van der Waals surface area contributed by atoms with Gasteiger partial charge in [0.2, 0.25) is 0 Å². The van der Waals surface area contributed by atoms with Crippen LogP contribution in [0.4, 0.5) is 0 Å². The predicted octanol–water partition coefficient (Wildman–Crippen LogP) is 4.65. The van der Waals surface area contributed by atoms with Crippen molar-refractivity contribution in [3.05, 3.63) is 0 Å². The van der Waals surface area contributed by atoms with Crippen LogP contribution in [-0.2, 0) is 37.9 Å². The van der Waals surface area contributed by atoms with Gasteiger partial charge in [-0.2, -0.15) is 0 Å². The first-order chi connectivity index (χ1) is 17.4. The molecule has 0 radical (unpaired) electrons. The van der Waals surface area contributed by atoms with Crippen molar-refractivity contribution in [3.63, 3.8) is 0 Å². The van der Waals surface area contributed by atoms with E-state index in [0.717, 1.165) is 18.4 Å². The van der Waals surface area contributed by atoms with Crippen LogP contribution in [0.5, 0.6) is 0 Å². The zero-order chi connectivity index (χ0) is 25.3. The van der Waals surface area contributed by atoms with Crippen molar-refractivity contribution < 1.29 is 37.9 Å². The number of ether oxygens (including phenoxy) is 8. The maximum atomic E-state index is 5.61. The highest BCUT2D eigenvalue weighted by Gasteiger charge is 1.96. The van der Waals surface area contributed by atoms with Crippen LogP contribution in [0.25, 0.3) is 0 Å². The molecule has 0 spiro atoms. The summed E-state index contributed by atoms with van der Waals surface area (Å²) in [6.07, 6.45) is 10.6. The summed E-state index contributed by atoms with van der Waals surface area (Å²) < 4.78 is 43.6. The normalized spacial score (nSPS) is 11.5. The summed E-state index contributed by atoms with van der Waals surface area (Å²) in [5, 5.41) is 0.848. The van der Waals surface area contributed by atoms with Gasteiger partial charge in [-0.1, -0.05) is 67.8 Å². The van der Waals surface area contributed by atoms with E-state index >= 15 is 0 Å². The van der Waals surface area contributed by atoms with Gasteiger partial charge in [0.25, 0.3) is 0 Å². The van der Waals surface area contributed by atoms with Gasteiger partial charge in [0.1, 0.15) is 0 Å². The number of unbranched alkanes of at least 4 members (excludes halogenated alkanes) is 7. The largest absolute Gasteiger partial charge is 0.379 e. The standard InChI is InChI=1S/C26H53BrO8/c1-2-3-4-5-6-7-8-9-11-28-13-15-30-17-19-32-21-23-34-25-26-35-24-22-33-20-18-31-16-14-29-12-10-27/h2-26H2,1H3. The monoisotopic (exact) mass is 572 g/mol. The maximum Gasteiger partial charge on any atom is 0.0701 e. The molecule has 0 bridgehead atoms. The molecular formula is C26H53BrO8. The molecule has 0 saturated heterocycles. The van der Waals surface area contributed by atoms with Crippen LogP contribution in [0, 0.1) is 0 Å². The van der Waals surface area contributed by atoms with Crippen molar-refractivity contribution in [3.8, 4) is 0 Å². The van der Waals surface area contributed by atoms with E-state index in [-0.39, 0.29) is 0 Å². The van der Waals surface area contributed by atoms with E-state index in [1.807, 2.05) is 0 Å². The molecule has 0 aliphatic carbocycles. The Labute approximate surface area is 223 Å². The van der Waals surface area contributed by atoms with E-state index in [9.17, 15) is 0 Å². The first kappa shape index (κ1) is 35.2. The topological polar surface area (TPSA) is 73.8 Å². The van der Waals surface area contributed by atoms with Gasteiger partial charge in [0.05, 0.1) is 99.1 Å². The third-order valence-electron chi connectivity index (χ3n) is 4.97. The van der Waals surface area contributed by atoms with Crippen LogP contribution < -0.4 is 0 Å². The highest BCUT2D eigenvalue weighted by molar-refractivity contribution is 9.09. The molecule has 35 heavy (non-hydrogen) atoms. The van der Waals surface area contributed by atoms with Crippen molar-refractivity contribution in [1.29, 1.82) is 0 Å². The van der Waals surface area contributed by atoms with Crippen LogP contribution in [0.15, 0.2) is 0 Å². The minimum atomic E-state index is 0.548. The summed E-state index contributed by atoms with van der Waals surface area (Å²) in [7, 11) is 0. The molecule has 0 amide bonds. The second kappa shape index (κ2) is 34.2. The van der Waals surface area contributed by atoms with E-state index in [1.165, 1.54) is 44.9 Å². The molecule has 0 aliphatic heterocycles. The smallest absolute Gasteiger partial charge is 0.0701 e. The van der Waals surface area contributed by atoms with Crippen molar-refractivity contribution >= 4 is 15.9 Å². The number of hydrogen-bond donors (Lipinski definition) is 0. The van der Waals surface area contributed by atoms with Gasteiger partial charge in [-0.05, 0) is 6.42 Å². The lowest BCUT2D eigenvalue weighted by molar-refractivity contribution is -0.0228. The van der Waals surface area contributed by atoms with E-state index in [2.05, 4.69) is 22.9 Å². The number of hydrogen-bond acceptors (Lipinski definition) is 8. The molecule has 0 rings (SSSR count). The van der Waals surface area contributed by atoms with Gasteiger partial charge in [0, 0.05) is 11.9 Å². The third-order valence-corrected chi connectivity index (χ3v) is 5.29. The molecule has 0 aromatic carbocycles. The summed E-state index contributed by atoms with van der Waals surface area (Å²) >= 11 is 3.30. The summed E-state index contributed by atoms with van der Waals surface area (Å²) in [5.74, 6) is 0. The van der Waals surface area contributed by atoms with Crippen LogP contribution in [-0.4, -0.2) is 111 Å². The molecule has 0 N–H and O–H groups in total. The Balaban J connectivity index is 3.00. The molecule has 0 aromatic rings. The van der Waals surface area contributed by atoms with Gasteiger partial charge in [-0.3, -0.25) is 0 Å². The second-order valence-electron chi connectivity index (χ2n) is 8.06. The maximum absolute atomic E-state index is 5.61. The van der Waals surface area contributed by atoms with Crippen molar-refractivity contribution in [1.82, 2.24) is 0 Å². The Morgan fingerprint density at radius 1 is 0.314 bits per heavy atom. The predicted molar refractivity (Wildman–Crippen MR) is 143 cm³/mol. The zero-order valence-electron chi connectivity index (χ0n) is 22.3. The minimum absolute atomic E-state index is 0.548. The molecule has 8 nitrogen and oxygen atoms in total. The molecular weight excluding hydrogens is 520 g/mol. The Kier molecular flexibility index (Phi) is 34.3. The van der Waals surface area contributed by atoms with Crippen molar-refractivity contribution in [2.24, 2.45) is 0 Å². The molecule has 0 heterocycles. The van der Waals surface area contributed by atoms with Crippen LogP contribution in [0.1, 0.15) is 58.3 Å². The number of rotatable bonds is 32. The van der Waals surface area contributed by atoms with Crippen LogP contribution in [0.3, 0.4) is 0 Å². The lowest BCUT2D eigenvalue weighted by Gasteiger charge is -2.08. The first-order valence-electron chi connectivity index (χ1n) is 13.6. The lowest BCUT2D eigenvalue weighted by atomic mass is 10.1. The lowest BCUT2D eigenvalue weighted by Crippen LogP contribution is -2.15. The summed E-state index contributed by atoms with van der Waals surface area (Å²) in [5.41, 5.74) is 0. The molecule has 0 aromatic heterocycles. The van der Waals surface area contributed by atoms with Gasteiger partial charge in [-0.25, -0.2) is 0 Å². The number of halogens is 1. The molecule has 0 aliphatic rings. The highest BCUT2D eigenvalue weighted by Crippen LogP contribution is 2.08. The van der Waals surface area contributed by atoms with Gasteiger partial charge in [-0.15, -0.1) is 0 Å². The van der Waals surface area contributed by atoms with Gasteiger partial charge < -0.3 is 37.9 Å². The van der Waals surface area contributed by atoms with Gasteiger partial charge >= 0.3 is 0 Å². The average molecular weight is 574 g/mol. The molecule has 0 fully saturated rings. The van der Waals surface area contributed by atoms with E-state index in [4.69, 9.17) is 37.9 Å². The quantitative estimate of drug-likeness (QED) is 0.0851. The third kappa shape index (κ3) is 34.2. The van der Waals surface area contributed by atoms with Gasteiger partial charge in [0.15, 0.2) is 0 Å². The van der Waals surface area contributed by atoms with E-state index in [1.54, 1.807) is 0 Å². The molecule has 0 atom stereocenters. The summed E-state index contributed by atoms with van der Waals surface area (Å²) in [6, 6.07) is 0. The minimum Gasteiger partial charge on any atom is -0.379 e. The Bertz CT molecular complexity index is 334. The molecule has 9 heteroatoms. The highest BCUT2D eigenvalue weighted by atomic mass is 79.9. The van der Waals surface area contributed by atoms with E-state index in [0.29, 0.717) is 99.1 Å². The SMILES string of the molecule is CCCCCCCCCCOCCOCCOCCOCCOCCOCCOCCOCCBr. The Morgan fingerprint density at radius 3 is 0.886 bits per heavy atom. The molecule has 0 saturated carbocycles. The summed E-state index contributed by atoms with van der Waals surface area (Å²) in [6.45, 7) is 11.9. The zero-order valence-corrected chi connectivity index (χ0v) is 23.9. The van der Waals surface area contributed by atoms with Crippen molar-refractivity contribution in [2.75, 3.05) is 111 Å². The molecule has 212 valence electrons. The van der Waals surface area contributed by atoms with Crippen LogP contribution >= 0.6 is 15.9 Å². The van der Waals surface area contributed by atoms with Crippen molar-refractivity contribution in [2.45, 2.75) is 58.3 Å². The fraction of sp³-hybridized carbons (Fsp3) is 1.00. The fourth-order valence-corrected chi connectivity index (χ4v) is 3.26. The van der Waals surface area contributed by atoms with Crippen LogP contribution in [0.2, 0.25) is 0 Å². The average Bonchev–Trinajstić information content (AvgIpc) is 2.87. The van der Waals surface area contributed by atoms with E-state index < -0.39 is 0 Å². The Hall–Kier alpha value is 0.160. The first-order valence-corrected chi connectivity index (χ1v) is 14.7. The number of alkyl halides is 1. The summed E-state index contributed by atoms with van der Waals surface area (Å²) in [4.78, 5) is 0.